The van der Waals surface area contributed by atoms with E-state index < -0.39 is 0 Å². The summed E-state index contributed by atoms with van der Waals surface area (Å²) < 4.78 is 6.14. The highest BCUT2D eigenvalue weighted by molar-refractivity contribution is 6.21. The molecule has 3 heteroatoms. The summed E-state index contributed by atoms with van der Waals surface area (Å²) in [6.07, 6.45) is 0. The maximum Gasteiger partial charge on any atom is 0.227 e. The molecule has 12 rings (SSSR count). The van der Waals surface area contributed by atoms with Crippen LogP contribution in [0.4, 0.5) is 0 Å². The zero-order chi connectivity index (χ0) is 37.5. The van der Waals surface area contributed by atoms with Gasteiger partial charge in [-0.2, -0.15) is 0 Å². The van der Waals surface area contributed by atoms with E-state index in [1.54, 1.807) is 0 Å². The number of hydrogen-bond donors (Lipinski definition) is 0. The molecule has 0 amide bonds. The van der Waals surface area contributed by atoms with E-state index in [0.717, 1.165) is 66.3 Å². The predicted molar refractivity (Wildman–Crippen MR) is 239 cm³/mol. The molecule has 0 spiro atoms. The Balaban J connectivity index is 1.17. The molecule has 0 unspecified atom stereocenters. The first-order valence-corrected chi connectivity index (χ1v) is 19.4. The Hall–Kier alpha value is -7.62. The normalized spacial score (nSPS) is 11.9. The van der Waals surface area contributed by atoms with Gasteiger partial charge in [0.25, 0.3) is 0 Å². The number of benzene rings is 10. The van der Waals surface area contributed by atoms with Crippen molar-refractivity contribution in [1.82, 2.24) is 9.97 Å². The molecule has 0 atom stereocenters. The molecule has 264 valence electrons. The molecule has 57 heavy (non-hydrogen) atoms. The van der Waals surface area contributed by atoms with Crippen LogP contribution in [-0.4, -0.2) is 9.97 Å². The molecule has 0 N–H and O–H groups in total. The quantitative estimate of drug-likeness (QED) is 0.170. The van der Waals surface area contributed by atoms with Crippen molar-refractivity contribution >= 4 is 75.9 Å². The van der Waals surface area contributed by atoms with Crippen LogP contribution in [0.3, 0.4) is 0 Å². The first-order valence-electron chi connectivity index (χ1n) is 19.4. The number of nitrogens with zero attached hydrogens (tertiary/aromatic N) is 2. The second-order valence-corrected chi connectivity index (χ2v) is 14.9. The Morgan fingerprint density at radius 2 is 0.807 bits per heavy atom. The van der Waals surface area contributed by atoms with Crippen molar-refractivity contribution in [3.05, 3.63) is 194 Å². The van der Waals surface area contributed by atoms with Crippen molar-refractivity contribution in [2.45, 2.75) is 0 Å². The summed E-state index contributed by atoms with van der Waals surface area (Å²) in [5.41, 5.74) is 10.3. The smallest absolute Gasteiger partial charge is 0.227 e. The Labute approximate surface area is 328 Å². The third-order valence-electron chi connectivity index (χ3n) is 11.7. The monoisotopic (exact) mass is 724 g/mol. The third kappa shape index (κ3) is 4.99. The maximum absolute atomic E-state index is 6.14. The van der Waals surface area contributed by atoms with Gasteiger partial charge >= 0.3 is 0 Å². The van der Waals surface area contributed by atoms with Crippen molar-refractivity contribution < 1.29 is 4.42 Å². The first-order chi connectivity index (χ1) is 28.2. The summed E-state index contributed by atoms with van der Waals surface area (Å²) in [5, 5.41) is 13.2. The van der Waals surface area contributed by atoms with Crippen LogP contribution in [0.5, 0.6) is 0 Å². The number of hydrogen-bond acceptors (Lipinski definition) is 3. The van der Waals surface area contributed by atoms with E-state index >= 15 is 0 Å². The summed E-state index contributed by atoms with van der Waals surface area (Å²) in [5.74, 6) is 0.620. The second-order valence-electron chi connectivity index (χ2n) is 14.9. The lowest BCUT2D eigenvalue weighted by molar-refractivity contribution is 0.620. The summed E-state index contributed by atoms with van der Waals surface area (Å²) in [4.78, 5) is 10.4. The van der Waals surface area contributed by atoms with Gasteiger partial charge < -0.3 is 4.42 Å². The van der Waals surface area contributed by atoms with Crippen LogP contribution in [0, 0.1) is 0 Å². The molecule has 0 radical (unpaired) electrons. The molecule has 0 bridgehead atoms. The van der Waals surface area contributed by atoms with Crippen LogP contribution >= 0.6 is 0 Å². The molecule has 12 aromatic rings. The lowest BCUT2D eigenvalue weighted by atomic mass is 9.87. The molecule has 0 saturated heterocycles. The molecule has 0 aliphatic rings. The van der Waals surface area contributed by atoms with E-state index in [9.17, 15) is 0 Å². The lowest BCUT2D eigenvalue weighted by Crippen LogP contribution is -1.95. The fraction of sp³-hybridized carbons (Fsp3) is 0. The van der Waals surface area contributed by atoms with E-state index in [1.165, 1.54) is 48.7 Å². The van der Waals surface area contributed by atoms with Crippen LogP contribution in [0.2, 0.25) is 0 Å². The van der Waals surface area contributed by atoms with Gasteiger partial charge in [-0.05, 0) is 119 Å². The molecular formula is C54H32N2O. The van der Waals surface area contributed by atoms with E-state index in [0.29, 0.717) is 5.89 Å². The first kappa shape index (κ1) is 31.7. The molecule has 0 saturated carbocycles. The predicted octanol–water partition coefficient (Wildman–Crippen LogP) is 14.8. The molecule has 0 aliphatic heterocycles. The number of rotatable bonds is 4. The summed E-state index contributed by atoms with van der Waals surface area (Å²) >= 11 is 0. The largest absolute Gasteiger partial charge is 0.436 e. The molecular weight excluding hydrogens is 693 g/mol. The average Bonchev–Trinajstić information content (AvgIpc) is 3.73. The Morgan fingerprint density at radius 1 is 0.316 bits per heavy atom. The highest BCUT2D eigenvalue weighted by Crippen LogP contribution is 2.45. The van der Waals surface area contributed by atoms with Crippen LogP contribution in [-0.2, 0) is 0 Å². The lowest BCUT2D eigenvalue weighted by Gasteiger charge is -2.18. The summed E-state index contributed by atoms with van der Waals surface area (Å²) in [6.45, 7) is 0. The van der Waals surface area contributed by atoms with Gasteiger partial charge in [-0.1, -0.05) is 146 Å². The van der Waals surface area contributed by atoms with Crippen LogP contribution in [0.15, 0.2) is 199 Å². The second kappa shape index (κ2) is 12.5. The van der Waals surface area contributed by atoms with Gasteiger partial charge in [0.05, 0.1) is 11.2 Å². The topological polar surface area (TPSA) is 38.9 Å². The van der Waals surface area contributed by atoms with E-state index in [2.05, 4.69) is 170 Å². The minimum atomic E-state index is 0.620. The number of pyridine rings is 1. The van der Waals surface area contributed by atoms with Crippen LogP contribution in [0.1, 0.15) is 0 Å². The maximum atomic E-state index is 6.14. The SMILES string of the molecule is c1ccc2c(c1)cc(-c1cc(-c3cc4ccccc4c4ccccc34)c3cc(-c4ccc(-c5nc6ccccc6o5)cc4)c4ccccc4c3n1)c1ccccc12. The van der Waals surface area contributed by atoms with Gasteiger partial charge in [0.1, 0.15) is 5.52 Å². The zero-order valence-corrected chi connectivity index (χ0v) is 30.8. The number of fused-ring (bicyclic) bond motifs is 10. The molecule has 10 aromatic carbocycles. The molecule has 0 fully saturated rings. The Morgan fingerprint density at radius 3 is 1.47 bits per heavy atom. The highest BCUT2D eigenvalue weighted by atomic mass is 16.3. The average molecular weight is 725 g/mol. The van der Waals surface area contributed by atoms with Gasteiger partial charge in [-0.3, -0.25) is 0 Å². The van der Waals surface area contributed by atoms with Crippen LogP contribution in [0.25, 0.3) is 121 Å². The van der Waals surface area contributed by atoms with Gasteiger partial charge in [0, 0.05) is 21.9 Å². The Kier molecular flexibility index (Phi) is 6.93. The minimum Gasteiger partial charge on any atom is -0.436 e. The third-order valence-corrected chi connectivity index (χ3v) is 11.7. The van der Waals surface area contributed by atoms with Crippen molar-refractivity contribution in [3.63, 3.8) is 0 Å². The minimum absolute atomic E-state index is 0.620. The van der Waals surface area contributed by atoms with E-state index in [1.807, 2.05) is 24.3 Å². The van der Waals surface area contributed by atoms with E-state index in [4.69, 9.17) is 14.4 Å². The number of aromatic nitrogens is 2. The summed E-state index contributed by atoms with van der Waals surface area (Å²) in [6, 6.07) is 69.6. The fourth-order valence-corrected chi connectivity index (χ4v) is 8.98. The molecule has 2 aromatic heterocycles. The van der Waals surface area contributed by atoms with Gasteiger partial charge in [0.15, 0.2) is 5.58 Å². The van der Waals surface area contributed by atoms with E-state index in [-0.39, 0.29) is 0 Å². The zero-order valence-electron chi connectivity index (χ0n) is 30.8. The van der Waals surface area contributed by atoms with Gasteiger partial charge in [0.2, 0.25) is 5.89 Å². The molecule has 3 nitrogen and oxygen atoms in total. The van der Waals surface area contributed by atoms with Crippen molar-refractivity contribution in [2.24, 2.45) is 0 Å². The van der Waals surface area contributed by atoms with Crippen molar-refractivity contribution in [2.75, 3.05) is 0 Å². The van der Waals surface area contributed by atoms with Crippen LogP contribution < -0.4 is 0 Å². The molecule has 0 aliphatic carbocycles. The van der Waals surface area contributed by atoms with Crippen molar-refractivity contribution in [1.29, 1.82) is 0 Å². The fourth-order valence-electron chi connectivity index (χ4n) is 8.98. The highest BCUT2D eigenvalue weighted by Gasteiger charge is 2.20. The standard InChI is InChI=1S/C54H32N2O/c1-3-15-37-35(13-1)29-46(41-19-7-5-17-39(37)41)47-32-51(48-30-36-14-2-4-16-38(36)40-18-6-8-20-42(40)48)55-53-44-22-10-9-21-43(44)45(31-49(47)53)33-25-27-34(28-26-33)54-56-50-23-11-12-24-52(50)57-54/h1-32H. The van der Waals surface area contributed by atoms with Crippen molar-refractivity contribution in [3.8, 4) is 45.0 Å². The molecule has 2 heterocycles. The number of para-hydroxylation sites is 2. The summed E-state index contributed by atoms with van der Waals surface area (Å²) in [7, 11) is 0. The van der Waals surface area contributed by atoms with Gasteiger partial charge in [-0.15, -0.1) is 0 Å². The van der Waals surface area contributed by atoms with Gasteiger partial charge in [-0.25, -0.2) is 9.97 Å². The Bertz CT molecular complexity index is 3550. The number of oxazole rings is 1.